The lowest BCUT2D eigenvalue weighted by molar-refractivity contribution is -0.138. The van der Waals surface area contributed by atoms with Gasteiger partial charge in [-0.05, 0) is 62.0 Å². The molecule has 0 saturated heterocycles. The second-order valence-electron chi connectivity index (χ2n) is 8.87. The number of benzene rings is 1. The zero-order valence-corrected chi connectivity index (χ0v) is 21.1. The predicted molar refractivity (Wildman–Crippen MR) is 139 cm³/mol. The zero-order chi connectivity index (χ0) is 27.4. The highest BCUT2D eigenvalue weighted by Gasteiger charge is 2.33. The van der Waals surface area contributed by atoms with Crippen LogP contribution in [-0.4, -0.2) is 58.7 Å². The molecule has 196 valence electrons. The molecular formula is C26H25F3N8O. The summed E-state index contributed by atoms with van der Waals surface area (Å²) in [6.07, 6.45) is -1.48. The smallest absolute Gasteiger partial charge is 0.361 e. The van der Waals surface area contributed by atoms with Crippen molar-refractivity contribution in [2.75, 3.05) is 43.7 Å². The highest BCUT2D eigenvalue weighted by atomic mass is 19.4. The van der Waals surface area contributed by atoms with Gasteiger partial charge in [-0.15, -0.1) is 5.10 Å². The third kappa shape index (κ3) is 6.37. The van der Waals surface area contributed by atoms with Gasteiger partial charge in [-0.3, -0.25) is 5.32 Å². The summed E-state index contributed by atoms with van der Waals surface area (Å²) in [5.74, 6) is 6.93. The van der Waals surface area contributed by atoms with E-state index in [-0.39, 0.29) is 23.6 Å². The summed E-state index contributed by atoms with van der Waals surface area (Å²) in [6.45, 7) is 0.112. The molecule has 0 bridgehead atoms. The topological polar surface area (TPSA) is 90.7 Å². The van der Waals surface area contributed by atoms with Gasteiger partial charge in [0.1, 0.15) is 17.3 Å². The largest absolute Gasteiger partial charge is 0.416 e. The van der Waals surface area contributed by atoms with Crippen LogP contribution in [0, 0.1) is 11.8 Å². The van der Waals surface area contributed by atoms with Crippen LogP contribution in [0.1, 0.15) is 22.4 Å². The summed E-state index contributed by atoms with van der Waals surface area (Å²) in [6, 6.07) is 9.87. The molecule has 9 nitrogen and oxygen atoms in total. The highest BCUT2D eigenvalue weighted by Crippen LogP contribution is 2.34. The number of hydrogen-bond donors (Lipinski definition) is 2. The van der Waals surface area contributed by atoms with Gasteiger partial charge in [-0.2, -0.15) is 13.2 Å². The quantitative estimate of drug-likeness (QED) is 0.380. The van der Waals surface area contributed by atoms with Crippen LogP contribution in [0.15, 0.2) is 54.9 Å². The van der Waals surface area contributed by atoms with Crippen molar-refractivity contribution in [2.45, 2.75) is 12.7 Å². The Bertz CT molecular complexity index is 1530. The van der Waals surface area contributed by atoms with Gasteiger partial charge in [0.05, 0.1) is 11.8 Å². The molecule has 2 amide bonds. The van der Waals surface area contributed by atoms with Gasteiger partial charge in [0, 0.05) is 38.1 Å². The lowest BCUT2D eigenvalue weighted by atomic mass is 10.1. The monoisotopic (exact) mass is 522 g/mol. The van der Waals surface area contributed by atoms with Gasteiger partial charge < -0.3 is 15.1 Å². The molecule has 0 aliphatic carbocycles. The van der Waals surface area contributed by atoms with Crippen LogP contribution < -0.4 is 15.5 Å². The number of nitrogens with one attached hydrogen (secondary N) is 2. The van der Waals surface area contributed by atoms with Gasteiger partial charge in [0.25, 0.3) is 0 Å². The number of anilines is 3. The van der Waals surface area contributed by atoms with E-state index in [1.54, 1.807) is 41.8 Å². The molecule has 0 aliphatic heterocycles. The Morgan fingerprint density at radius 2 is 1.79 bits per heavy atom. The molecule has 3 heterocycles. The first kappa shape index (κ1) is 26.4. The van der Waals surface area contributed by atoms with E-state index in [4.69, 9.17) is 0 Å². The number of fused-ring (bicyclic) bond motifs is 1. The summed E-state index contributed by atoms with van der Waals surface area (Å²) in [5.41, 5.74) is 1.09. The van der Waals surface area contributed by atoms with Crippen molar-refractivity contribution in [2.24, 2.45) is 0 Å². The number of aromatic nitrogens is 4. The Labute approximate surface area is 217 Å². The van der Waals surface area contributed by atoms with Gasteiger partial charge in [-0.25, -0.2) is 19.3 Å². The Hall–Kier alpha value is -4.63. The number of halogens is 3. The fourth-order valence-electron chi connectivity index (χ4n) is 3.58. The van der Waals surface area contributed by atoms with E-state index in [1.165, 1.54) is 18.3 Å². The molecule has 3 aromatic heterocycles. The van der Waals surface area contributed by atoms with Crippen molar-refractivity contribution in [1.29, 1.82) is 0 Å². The van der Waals surface area contributed by atoms with Crippen molar-refractivity contribution in [3.8, 4) is 11.8 Å². The molecule has 0 fully saturated rings. The maximum Gasteiger partial charge on any atom is 0.416 e. The van der Waals surface area contributed by atoms with Crippen LogP contribution in [-0.2, 0) is 12.7 Å². The molecule has 4 rings (SSSR count). The van der Waals surface area contributed by atoms with Crippen molar-refractivity contribution in [3.05, 3.63) is 77.2 Å². The highest BCUT2D eigenvalue weighted by molar-refractivity contribution is 5.99. The van der Waals surface area contributed by atoms with E-state index >= 15 is 0 Å². The maximum atomic E-state index is 13.5. The lowest BCUT2D eigenvalue weighted by Crippen LogP contribution is -2.21. The lowest BCUT2D eigenvalue weighted by Gasteiger charge is -2.18. The van der Waals surface area contributed by atoms with Gasteiger partial charge in [-0.1, -0.05) is 12.0 Å². The molecule has 0 atom stereocenters. The van der Waals surface area contributed by atoms with Crippen LogP contribution in [0.3, 0.4) is 0 Å². The number of nitrogens with zero attached hydrogens (tertiary/aromatic N) is 6. The van der Waals surface area contributed by atoms with Crippen molar-refractivity contribution >= 4 is 29.0 Å². The van der Waals surface area contributed by atoms with Crippen LogP contribution in [0.25, 0.3) is 5.65 Å². The zero-order valence-electron chi connectivity index (χ0n) is 21.1. The van der Waals surface area contributed by atoms with E-state index in [9.17, 15) is 18.0 Å². The molecule has 0 saturated carbocycles. The SMILES string of the molecule is CN(C)Cc1ccc(NC(=O)Nc2cc(C#Cc3cnc4ccc(N(C)C)nn34)ccn2)cc1C(F)(F)F. The molecule has 2 N–H and O–H groups in total. The molecule has 0 radical (unpaired) electrons. The van der Waals surface area contributed by atoms with E-state index in [1.807, 2.05) is 31.1 Å². The number of rotatable bonds is 5. The van der Waals surface area contributed by atoms with Crippen LogP contribution in [0.5, 0.6) is 0 Å². The predicted octanol–water partition coefficient (Wildman–Crippen LogP) is 4.31. The van der Waals surface area contributed by atoms with E-state index < -0.39 is 17.8 Å². The molecule has 0 spiro atoms. The van der Waals surface area contributed by atoms with Gasteiger partial charge in [0.15, 0.2) is 5.65 Å². The maximum absolute atomic E-state index is 13.5. The van der Waals surface area contributed by atoms with E-state index in [0.29, 0.717) is 16.9 Å². The molecule has 0 aliphatic rings. The fraction of sp³-hybridized carbons (Fsp3) is 0.231. The van der Waals surface area contributed by atoms with Crippen molar-refractivity contribution in [3.63, 3.8) is 0 Å². The Morgan fingerprint density at radius 3 is 2.50 bits per heavy atom. The fourth-order valence-corrected chi connectivity index (χ4v) is 3.58. The third-order valence-corrected chi connectivity index (χ3v) is 5.30. The minimum atomic E-state index is -4.56. The number of carbonyl (C=O) groups is 1. The summed E-state index contributed by atoms with van der Waals surface area (Å²) >= 11 is 0. The first-order valence-electron chi connectivity index (χ1n) is 11.4. The molecule has 1 aromatic carbocycles. The normalized spacial score (nSPS) is 11.3. The van der Waals surface area contributed by atoms with Crippen molar-refractivity contribution < 1.29 is 18.0 Å². The summed E-state index contributed by atoms with van der Waals surface area (Å²) in [7, 11) is 7.13. The number of urea groups is 1. The number of amides is 2. The number of alkyl halides is 3. The number of carbonyl (C=O) groups excluding carboxylic acids is 1. The average Bonchev–Trinajstić information content (AvgIpc) is 3.25. The number of pyridine rings is 1. The first-order chi connectivity index (χ1) is 18.0. The standard InChI is InChI=1S/C26H25F3N8O/c1-35(2)16-18-6-7-19(14-21(18)26(27,28)29)32-25(38)33-22-13-17(11-12-30-22)5-8-20-15-31-23-9-10-24(36(3)4)34-37(20)23/h6-7,9-15H,16H2,1-4H3,(H2,30,32,33,38). The van der Waals surface area contributed by atoms with Crippen molar-refractivity contribution in [1.82, 2.24) is 24.5 Å². The first-order valence-corrected chi connectivity index (χ1v) is 11.4. The van der Waals surface area contributed by atoms with Crippen LogP contribution in [0.2, 0.25) is 0 Å². The van der Waals surface area contributed by atoms with E-state index in [0.717, 1.165) is 11.9 Å². The Morgan fingerprint density at radius 1 is 1.00 bits per heavy atom. The molecule has 4 aromatic rings. The third-order valence-electron chi connectivity index (χ3n) is 5.30. The Kier molecular flexibility index (Phi) is 7.50. The van der Waals surface area contributed by atoms with Gasteiger partial charge >= 0.3 is 12.2 Å². The minimum absolute atomic E-state index is 0.00508. The molecular weight excluding hydrogens is 497 g/mol. The summed E-state index contributed by atoms with van der Waals surface area (Å²) in [4.78, 5) is 24.4. The Balaban J connectivity index is 1.49. The molecule has 0 unspecified atom stereocenters. The molecule has 38 heavy (non-hydrogen) atoms. The van der Waals surface area contributed by atoms with Crippen LogP contribution >= 0.6 is 0 Å². The van der Waals surface area contributed by atoms with Crippen LogP contribution in [0.4, 0.5) is 35.3 Å². The summed E-state index contributed by atoms with van der Waals surface area (Å²) < 4.78 is 42.3. The second-order valence-corrected chi connectivity index (χ2v) is 8.87. The van der Waals surface area contributed by atoms with E-state index in [2.05, 4.69) is 37.5 Å². The minimum Gasteiger partial charge on any atom is -0.361 e. The summed E-state index contributed by atoms with van der Waals surface area (Å²) in [5, 5.41) is 9.46. The number of imidazole rings is 1. The number of hydrogen-bond acceptors (Lipinski definition) is 6. The van der Waals surface area contributed by atoms with Gasteiger partial charge in [0.2, 0.25) is 0 Å². The average molecular weight is 523 g/mol. The second kappa shape index (κ2) is 10.8. The molecule has 12 heteroatoms.